The molecule has 0 fully saturated rings. The Hall–Kier alpha value is -2.35. The molecule has 0 aliphatic heterocycles. The number of hydrogen-bond acceptors (Lipinski definition) is 1. The Balaban J connectivity index is 2.08. The van der Waals surface area contributed by atoms with Gasteiger partial charge in [0.2, 0.25) is 5.91 Å². The van der Waals surface area contributed by atoms with Crippen molar-refractivity contribution in [1.29, 1.82) is 0 Å². The van der Waals surface area contributed by atoms with Crippen molar-refractivity contribution in [3.05, 3.63) is 71.3 Å². The molecule has 0 saturated heterocycles. The fourth-order valence-electron chi connectivity index (χ4n) is 1.91. The van der Waals surface area contributed by atoms with Gasteiger partial charge in [-0.3, -0.25) is 4.79 Å². The van der Waals surface area contributed by atoms with Crippen molar-refractivity contribution >= 4 is 17.7 Å². The lowest BCUT2D eigenvalue weighted by atomic mass is 10.1. The molecular weight excluding hydrogens is 234 g/mol. The summed E-state index contributed by atoms with van der Waals surface area (Å²) in [4.78, 5) is 11.9. The van der Waals surface area contributed by atoms with Crippen LogP contribution in [0, 0.1) is 13.8 Å². The van der Waals surface area contributed by atoms with Gasteiger partial charge < -0.3 is 5.32 Å². The van der Waals surface area contributed by atoms with E-state index in [2.05, 4.69) is 5.32 Å². The molecule has 0 heterocycles. The van der Waals surface area contributed by atoms with E-state index in [1.807, 2.05) is 68.5 Å². The highest BCUT2D eigenvalue weighted by molar-refractivity contribution is 6.02. The monoisotopic (exact) mass is 251 g/mol. The van der Waals surface area contributed by atoms with Gasteiger partial charge in [-0.25, -0.2) is 0 Å². The van der Waals surface area contributed by atoms with Gasteiger partial charge in [0.25, 0.3) is 0 Å². The van der Waals surface area contributed by atoms with Gasteiger partial charge >= 0.3 is 0 Å². The van der Waals surface area contributed by atoms with Gasteiger partial charge in [-0.2, -0.15) is 0 Å². The number of aryl methyl sites for hydroxylation is 2. The maximum absolute atomic E-state index is 11.9. The lowest BCUT2D eigenvalue weighted by Gasteiger charge is -2.09. The Bertz CT molecular complexity index is 580. The zero-order valence-electron chi connectivity index (χ0n) is 11.2. The second kappa shape index (κ2) is 6.01. The maximum atomic E-state index is 11.9. The van der Waals surface area contributed by atoms with E-state index >= 15 is 0 Å². The Morgan fingerprint density at radius 1 is 0.947 bits per heavy atom. The van der Waals surface area contributed by atoms with E-state index in [1.165, 1.54) is 0 Å². The predicted molar refractivity (Wildman–Crippen MR) is 80.0 cm³/mol. The van der Waals surface area contributed by atoms with Crippen LogP contribution in [0.15, 0.2) is 54.6 Å². The number of rotatable bonds is 3. The van der Waals surface area contributed by atoms with Gasteiger partial charge in [0.1, 0.15) is 0 Å². The minimum absolute atomic E-state index is 0.110. The molecule has 0 aromatic heterocycles. The largest absolute Gasteiger partial charge is 0.322 e. The molecule has 0 bridgehead atoms. The quantitative estimate of drug-likeness (QED) is 0.822. The van der Waals surface area contributed by atoms with Gasteiger partial charge in [-0.05, 0) is 36.6 Å². The summed E-state index contributed by atoms with van der Waals surface area (Å²) in [6, 6.07) is 15.7. The van der Waals surface area contributed by atoms with Gasteiger partial charge in [-0.15, -0.1) is 0 Å². The van der Waals surface area contributed by atoms with Crippen molar-refractivity contribution in [2.24, 2.45) is 0 Å². The summed E-state index contributed by atoms with van der Waals surface area (Å²) in [6.45, 7) is 3.98. The molecule has 19 heavy (non-hydrogen) atoms. The summed E-state index contributed by atoms with van der Waals surface area (Å²) < 4.78 is 0. The fraction of sp³-hybridized carbons (Fsp3) is 0.118. The highest BCUT2D eigenvalue weighted by Gasteiger charge is 2.04. The minimum atomic E-state index is -0.110. The Morgan fingerprint density at radius 2 is 1.58 bits per heavy atom. The lowest BCUT2D eigenvalue weighted by Crippen LogP contribution is -2.10. The molecule has 0 aliphatic rings. The molecule has 2 rings (SSSR count). The third kappa shape index (κ3) is 3.55. The molecule has 0 radical (unpaired) electrons. The molecule has 0 spiro atoms. The van der Waals surface area contributed by atoms with Crippen LogP contribution < -0.4 is 5.32 Å². The first kappa shape index (κ1) is 13.1. The second-order valence-corrected chi connectivity index (χ2v) is 4.50. The molecule has 1 N–H and O–H groups in total. The van der Waals surface area contributed by atoms with E-state index in [0.717, 1.165) is 22.4 Å². The fourth-order valence-corrected chi connectivity index (χ4v) is 1.91. The molecule has 0 unspecified atom stereocenters. The summed E-state index contributed by atoms with van der Waals surface area (Å²) in [6.07, 6.45) is 3.37. The number of hydrogen-bond donors (Lipinski definition) is 1. The average Bonchev–Trinajstić information content (AvgIpc) is 2.42. The summed E-state index contributed by atoms with van der Waals surface area (Å²) in [5.74, 6) is -0.110. The van der Waals surface area contributed by atoms with Crippen molar-refractivity contribution in [3.8, 4) is 0 Å². The second-order valence-electron chi connectivity index (χ2n) is 4.50. The number of nitrogens with one attached hydrogen (secondary N) is 1. The topological polar surface area (TPSA) is 29.1 Å². The lowest BCUT2D eigenvalue weighted by molar-refractivity contribution is -0.111. The molecule has 2 nitrogen and oxygen atoms in total. The van der Waals surface area contributed by atoms with Gasteiger partial charge in [0, 0.05) is 11.8 Å². The van der Waals surface area contributed by atoms with E-state index in [9.17, 15) is 4.79 Å². The van der Waals surface area contributed by atoms with E-state index in [-0.39, 0.29) is 5.91 Å². The molecule has 96 valence electrons. The van der Waals surface area contributed by atoms with Gasteiger partial charge in [-0.1, -0.05) is 48.5 Å². The molecule has 2 heteroatoms. The van der Waals surface area contributed by atoms with Gasteiger partial charge in [0.05, 0.1) is 0 Å². The van der Waals surface area contributed by atoms with Crippen LogP contribution in [0.25, 0.3) is 6.08 Å². The van der Waals surface area contributed by atoms with Crippen LogP contribution in [-0.4, -0.2) is 5.91 Å². The molecule has 2 aromatic carbocycles. The van der Waals surface area contributed by atoms with E-state index in [0.29, 0.717) is 0 Å². The Labute approximate surface area is 113 Å². The van der Waals surface area contributed by atoms with Crippen LogP contribution in [0.2, 0.25) is 0 Å². The van der Waals surface area contributed by atoms with Crippen LogP contribution in [-0.2, 0) is 4.79 Å². The maximum Gasteiger partial charge on any atom is 0.248 e. The number of carbonyl (C=O) groups is 1. The first-order valence-corrected chi connectivity index (χ1v) is 6.27. The molecule has 1 amide bonds. The van der Waals surface area contributed by atoms with Crippen molar-refractivity contribution in [2.45, 2.75) is 13.8 Å². The van der Waals surface area contributed by atoms with Crippen molar-refractivity contribution in [3.63, 3.8) is 0 Å². The molecule has 2 aromatic rings. The van der Waals surface area contributed by atoms with Crippen molar-refractivity contribution in [2.75, 3.05) is 5.32 Å². The summed E-state index contributed by atoms with van der Waals surface area (Å²) >= 11 is 0. The first-order chi connectivity index (χ1) is 9.16. The number of carbonyl (C=O) groups excluding carboxylic acids is 1. The SMILES string of the molecule is Cc1cccc(C)c1NC(=O)/C=C\c1ccccc1. The van der Waals surface area contributed by atoms with Crippen molar-refractivity contribution in [1.82, 2.24) is 0 Å². The van der Waals surface area contributed by atoms with E-state index in [4.69, 9.17) is 0 Å². The van der Waals surface area contributed by atoms with Crippen molar-refractivity contribution < 1.29 is 4.79 Å². The van der Waals surface area contributed by atoms with Crippen LogP contribution in [0.1, 0.15) is 16.7 Å². The summed E-state index contributed by atoms with van der Waals surface area (Å²) in [5, 5.41) is 2.92. The van der Waals surface area contributed by atoms with Crippen LogP contribution >= 0.6 is 0 Å². The smallest absolute Gasteiger partial charge is 0.248 e. The standard InChI is InChI=1S/C17H17NO/c1-13-7-6-8-14(2)17(13)18-16(19)12-11-15-9-4-3-5-10-15/h3-12H,1-2H3,(H,18,19)/b12-11-. The normalized spacial score (nSPS) is 10.6. The molecule has 0 atom stereocenters. The number of amides is 1. The molecular formula is C17H17NO. The Kier molecular flexibility index (Phi) is 4.14. The third-order valence-corrected chi connectivity index (χ3v) is 2.96. The minimum Gasteiger partial charge on any atom is -0.322 e. The van der Waals surface area contributed by atoms with Crippen LogP contribution in [0.3, 0.4) is 0 Å². The molecule has 0 aliphatic carbocycles. The first-order valence-electron chi connectivity index (χ1n) is 6.27. The van der Waals surface area contributed by atoms with Crippen LogP contribution in [0.5, 0.6) is 0 Å². The zero-order chi connectivity index (χ0) is 13.7. The highest BCUT2D eigenvalue weighted by Crippen LogP contribution is 2.19. The highest BCUT2D eigenvalue weighted by atomic mass is 16.1. The number of benzene rings is 2. The third-order valence-electron chi connectivity index (χ3n) is 2.96. The Morgan fingerprint density at radius 3 is 2.21 bits per heavy atom. The number of para-hydroxylation sites is 1. The van der Waals surface area contributed by atoms with E-state index in [1.54, 1.807) is 6.08 Å². The summed E-state index contributed by atoms with van der Waals surface area (Å²) in [5.41, 5.74) is 4.05. The average molecular weight is 251 g/mol. The van der Waals surface area contributed by atoms with Crippen LogP contribution in [0.4, 0.5) is 5.69 Å². The predicted octanol–water partition coefficient (Wildman–Crippen LogP) is 3.96. The van der Waals surface area contributed by atoms with E-state index < -0.39 is 0 Å². The zero-order valence-corrected chi connectivity index (χ0v) is 11.2. The molecule has 0 saturated carbocycles. The summed E-state index contributed by atoms with van der Waals surface area (Å²) in [7, 11) is 0. The number of anilines is 1. The van der Waals surface area contributed by atoms with Gasteiger partial charge in [0.15, 0.2) is 0 Å².